The highest BCUT2D eigenvalue weighted by Crippen LogP contribution is 2.31. The van der Waals surface area contributed by atoms with Gasteiger partial charge in [-0.15, -0.1) is 13.2 Å². The summed E-state index contributed by atoms with van der Waals surface area (Å²) >= 11 is 0. The first kappa shape index (κ1) is 27.1. The third-order valence-corrected chi connectivity index (χ3v) is 5.60. The zero-order valence-corrected chi connectivity index (χ0v) is 19.2. The molecule has 2 atom stereocenters. The Bertz CT molecular complexity index is 966. The van der Waals surface area contributed by atoms with E-state index in [0.717, 1.165) is 6.07 Å². The van der Waals surface area contributed by atoms with E-state index in [4.69, 9.17) is 6.57 Å². The molecule has 2 rings (SSSR count). The van der Waals surface area contributed by atoms with Gasteiger partial charge in [0.05, 0.1) is 24.0 Å². The van der Waals surface area contributed by atoms with Crippen molar-refractivity contribution in [3.63, 3.8) is 0 Å². The van der Waals surface area contributed by atoms with E-state index in [9.17, 15) is 32.7 Å². The van der Waals surface area contributed by atoms with Crippen molar-refractivity contribution < 1.29 is 37.4 Å². The summed E-state index contributed by atoms with van der Waals surface area (Å²) in [6.07, 6.45) is -4.10. The molecule has 186 valence electrons. The Morgan fingerprint density at radius 2 is 2.00 bits per heavy atom. The highest BCUT2D eigenvalue weighted by atomic mass is 19.4. The number of Topliss-reactive ketones (excluding diaryl/α,β-unsaturated/α-hetero) is 1. The molecule has 2 amide bonds. The molecule has 0 aromatic heterocycles. The van der Waals surface area contributed by atoms with Crippen molar-refractivity contribution in [2.24, 2.45) is 11.8 Å². The van der Waals surface area contributed by atoms with Crippen molar-refractivity contribution in [2.45, 2.75) is 58.5 Å². The van der Waals surface area contributed by atoms with Crippen molar-refractivity contribution >= 4 is 23.3 Å². The van der Waals surface area contributed by atoms with Gasteiger partial charge in [-0.3, -0.25) is 9.59 Å². The third-order valence-electron chi connectivity index (χ3n) is 5.60. The number of alkyl halides is 3. The van der Waals surface area contributed by atoms with E-state index in [1.807, 2.05) is 0 Å². The van der Waals surface area contributed by atoms with Gasteiger partial charge in [0.15, 0.2) is 5.69 Å². The predicted molar refractivity (Wildman–Crippen MR) is 116 cm³/mol. The van der Waals surface area contributed by atoms with Crippen LogP contribution in [0.3, 0.4) is 0 Å². The molecule has 1 aliphatic rings. The summed E-state index contributed by atoms with van der Waals surface area (Å²) in [6, 6.07) is 3.56. The first-order chi connectivity index (χ1) is 15.7. The van der Waals surface area contributed by atoms with Crippen LogP contribution >= 0.6 is 0 Å². The molecule has 8 nitrogen and oxygen atoms in total. The largest absolute Gasteiger partial charge is 0.573 e. The third kappa shape index (κ3) is 7.73. The summed E-state index contributed by atoms with van der Waals surface area (Å²) in [5, 5.41) is 12.9. The zero-order chi connectivity index (χ0) is 25.7. The number of likely N-dealkylation sites (tertiary alicyclic amines) is 1. The number of rotatable bonds is 8. The highest BCUT2D eigenvalue weighted by molar-refractivity contribution is 5.87. The molecule has 1 aromatic carbocycles. The second kappa shape index (κ2) is 10.9. The topological polar surface area (TPSA) is 100 Å². The van der Waals surface area contributed by atoms with E-state index in [0.29, 0.717) is 19.4 Å². The van der Waals surface area contributed by atoms with E-state index in [1.165, 1.54) is 37.8 Å². The SMILES string of the molecule is [C-]#[N+]c1ccc(CNC(=O)[C@@H]2CCCN(C(=O)[C@H](CC(C)=O)C(C)(C)O)C2)c(OC(F)(F)F)c1. The molecule has 0 unspecified atom stereocenters. The number of nitrogens with one attached hydrogen (secondary N) is 1. The molecular formula is C23H28F3N3O5. The standard InChI is InChI=1S/C23H28F3N3O5/c1-14(30)10-18(22(2,3)33)21(32)29-9-5-6-16(13-29)20(31)28-12-15-7-8-17(27-4)11-19(15)34-23(24,25)26/h7-8,11,16,18,33H,5-6,9-10,12-13H2,1-3H3,(H,28,31)/t16-,18+/m1/s1. The van der Waals surface area contributed by atoms with Gasteiger partial charge in [0.2, 0.25) is 11.8 Å². The lowest BCUT2D eigenvalue weighted by Crippen LogP contribution is -2.51. The van der Waals surface area contributed by atoms with Crippen molar-refractivity contribution in [2.75, 3.05) is 13.1 Å². The van der Waals surface area contributed by atoms with Crippen LogP contribution in [-0.2, 0) is 20.9 Å². The number of aliphatic hydroxyl groups is 1. The Labute approximate surface area is 195 Å². The molecule has 2 N–H and O–H groups in total. The Balaban J connectivity index is 2.08. The molecule has 1 fully saturated rings. The van der Waals surface area contributed by atoms with Gasteiger partial charge in [0.1, 0.15) is 11.5 Å². The summed E-state index contributed by atoms with van der Waals surface area (Å²) in [7, 11) is 0. The van der Waals surface area contributed by atoms with Crippen LogP contribution in [0, 0.1) is 18.4 Å². The maximum absolute atomic E-state index is 13.0. The number of hydrogen-bond acceptors (Lipinski definition) is 5. The number of amides is 2. The van der Waals surface area contributed by atoms with Gasteiger partial charge in [-0.05, 0) is 39.7 Å². The number of hydrogen-bond donors (Lipinski definition) is 2. The molecule has 0 aliphatic carbocycles. The fraction of sp³-hybridized carbons (Fsp3) is 0.565. The molecule has 11 heteroatoms. The minimum absolute atomic E-state index is 0.0392. The van der Waals surface area contributed by atoms with Crippen molar-refractivity contribution in [1.82, 2.24) is 10.2 Å². The molecule has 1 saturated heterocycles. The molecule has 1 aromatic rings. The van der Waals surface area contributed by atoms with Crippen LogP contribution in [0.2, 0.25) is 0 Å². The Morgan fingerprint density at radius 1 is 1.32 bits per heavy atom. The van der Waals surface area contributed by atoms with Gasteiger partial charge < -0.3 is 24.9 Å². The first-order valence-electron chi connectivity index (χ1n) is 10.8. The quantitative estimate of drug-likeness (QED) is 0.553. The average molecular weight is 483 g/mol. The Hall–Kier alpha value is -3.13. The molecule has 0 bridgehead atoms. The van der Waals surface area contributed by atoms with Crippen LogP contribution in [0.25, 0.3) is 4.85 Å². The van der Waals surface area contributed by atoms with Gasteiger partial charge in [-0.25, -0.2) is 4.85 Å². The van der Waals surface area contributed by atoms with Crippen LogP contribution in [-0.4, -0.2) is 52.7 Å². The second-order valence-corrected chi connectivity index (χ2v) is 8.91. The molecule has 0 saturated carbocycles. The number of carbonyl (C=O) groups excluding carboxylic acids is 3. The van der Waals surface area contributed by atoms with Gasteiger partial charge in [0.25, 0.3) is 0 Å². The lowest BCUT2D eigenvalue weighted by Gasteiger charge is -2.37. The smallest absolute Gasteiger partial charge is 0.407 e. The predicted octanol–water partition coefficient (Wildman–Crippen LogP) is 3.36. The monoisotopic (exact) mass is 483 g/mol. The minimum atomic E-state index is -4.96. The number of nitrogens with zero attached hydrogens (tertiary/aromatic N) is 2. The molecule has 1 aliphatic heterocycles. The van der Waals surface area contributed by atoms with Gasteiger partial charge >= 0.3 is 6.36 Å². The lowest BCUT2D eigenvalue weighted by atomic mass is 9.84. The summed E-state index contributed by atoms with van der Waals surface area (Å²) in [5.41, 5.74) is -1.42. The average Bonchev–Trinajstić information content (AvgIpc) is 2.74. The maximum atomic E-state index is 13.0. The summed E-state index contributed by atoms with van der Waals surface area (Å²) in [5.74, 6) is -3.24. The normalized spacial score (nSPS) is 17.5. The zero-order valence-electron chi connectivity index (χ0n) is 19.2. The first-order valence-corrected chi connectivity index (χ1v) is 10.8. The van der Waals surface area contributed by atoms with Crippen LogP contribution in [0.15, 0.2) is 18.2 Å². The molecule has 0 radical (unpaired) electrons. The van der Waals surface area contributed by atoms with E-state index in [-0.39, 0.29) is 36.5 Å². The van der Waals surface area contributed by atoms with Crippen molar-refractivity contribution in [3.8, 4) is 5.75 Å². The molecule has 0 spiro atoms. The van der Waals surface area contributed by atoms with E-state index >= 15 is 0 Å². The fourth-order valence-corrected chi connectivity index (χ4v) is 3.84. The van der Waals surface area contributed by atoms with E-state index in [2.05, 4.69) is 14.9 Å². The van der Waals surface area contributed by atoms with Crippen molar-refractivity contribution in [1.29, 1.82) is 0 Å². The Morgan fingerprint density at radius 3 is 2.56 bits per heavy atom. The summed E-state index contributed by atoms with van der Waals surface area (Å²) < 4.78 is 42.2. The number of halogens is 3. The van der Waals surface area contributed by atoms with Crippen LogP contribution in [0.1, 0.15) is 45.6 Å². The summed E-state index contributed by atoms with van der Waals surface area (Å²) in [4.78, 5) is 41.9. The molecule has 34 heavy (non-hydrogen) atoms. The number of piperidine rings is 1. The number of ketones is 1. The Kier molecular flexibility index (Phi) is 8.66. The van der Waals surface area contributed by atoms with Gasteiger partial charge in [-0.2, -0.15) is 0 Å². The lowest BCUT2D eigenvalue weighted by molar-refractivity contribution is -0.274. The number of ether oxygens (including phenoxy) is 1. The molecule has 1 heterocycles. The highest BCUT2D eigenvalue weighted by Gasteiger charge is 2.39. The van der Waals surface area contributed by atoms with Crippen molar-refractivity contribution in [3.05, 3.63) is 35.2 Å². The molecular weight excluding hydrogens is 455 g/mol. The van der Waals surface area contributed by atoms with Crippen LogP contribution in [0.4, 0.5) is 18.9 Å². The number of benzene rings is 1. The van der Waals surface area contributed by atoms with Gasteiger partial charge in [0, 0.05) is 31.6 Å². The van der Waals surface area contributed by atoms with Crippen LogP contribution < -0.4 is 10.1 Å². The fourth-order valence-electron chi connectivity index (χ4n) is 3.84. The van der Waals surface area contributed by atoms with E-state index in [1.54, 1.807) is 0 Å². The maximum Gasteiger partial charge on any atom is 0.573 e. The van der Waals surface area contributed by atoms with E-state index < -0.39 is 41.4 Å². The second-order valence-electron chi connectivity index (χ2n) is 8.91. The van der Waals surface area contributed by atoms with Crippen LogP contribution in [0.5, 0.6) is 5.75 Å². The minimum Gasteiger partial charge on any atom is -0.407 e. The summed E-state index contributed by atoms with van der Waals surface area (Å²) in [6.45, 7) is 11.4. The number of carbonyl (C=O) groups is 3. The van der Waals surface area contributed by atoms with Gasteiger partial charge in [-0.1, -0.05) is 12.1 Å².